The lowest BCUT2D eigenvalue weighted by Crippen LogP contribution is -2.58. The Bertz CT molecular complexity index is 733. The molecule has 0 aliphatic carbocycles. The second-order valence-corrected chi connectivity index (χ2v) is 8.40. The molecule has 0 radical (unpaired) electrons. The van der Waals surface area contributed by atoms with Crippen LogP contribution < -0.4 is 10.0 Å². The van der Waals surface area contributed by atoms with Gasteiger partial charge >= 0.3 is 0 Å². The van der Waals surface area contributed by atoms with Gasteiger partial charge in [0.25, 0.3) is 0 Å². The first-order valence-corrected chi connectivity index (χ1v) is 10.3. The fourth-order valence-electron chi connectivity index (χ4n) is 3.33. The molecule has 2 N–H and O–H groups in total. The fourth-order valence-corrected chi connectivity index (χ4v) is 4.63. The molecular weight excluding hydrogens is 361 g/mol. The molecule has 2 fully saturated rings. The van der Waals surface area contributed by atoms with Crippen molar-refractivity contribution in [2.24, 2.45) is 0 Å². The summed E-state index contributed by atoms with van der Waals surface area (Å²) in [6, 6.07) is 4.13. The minimum atomic E-state index is -3.70. The number of piperidine rings is 1. The van der Waals surface area contributed by atoms with E-state index < -0.39 is 15.8 Å². The van der Waals surface area contributed by atoms with E-state index in [9.17, 15) is 17.6 Å². The largest absolute Gasteiger partial charge is 0.375 e. The molecule has 2 heterocycles. The molecule has 0 spiro atoms. The average molecular weight is 385 g/mol. The molecule has 2 atom stereocenters. The highest BCUT2D eigenvalue weighted by atomic mass is 32.2. The van der Waals surface area contributed by atoms with Crippen molar-refractivity contribution in [2.75, 3.05) is 26.2 Å². The second kappa shape index (κ2) is 7.99. The van der Waals surface area contributed by atoms with E-state index >= 15 is 0 Å². The highest BCUT2D eigenvalue weighted by Gasteiger charge is 2.34. The number of carbonyl (C=O) groups is 1. The Morgan fingerprint density at radius 3 is 2.54 bits per heavy atom. The molecule has 0 aromatic heterocycles. The van der Waals surface area contributed by atoms with Crippen LogP contribution in [0.25, 0.3) is 0 Å². The van der Waals surface area contributed by atoms with Crippen LogP contribution in [0, 0.1) is 5.82 Å². The Labute approximate surface area is 152 Å². The van der Waals surface area contributed by atoms with Crippen molar-refractivity contribution in [3.05, 3.63) is 30.1 Å². The molecule has 1 aromatic rings. The minimum absolute atomic E-state index is 0.00274. The smallest absolute Gasteiger partial charge is 0.242 e. The van der Waals surface area contributed by atoms with Gasteiger partial charge in [0.05, 0.1) is 17.6 Å². The van der Waals surface area contributed by atoms with Crippen molar-refractivity contribution >= 4 is 15.9 Å². The van der Waals surface area contributed by atoms with Gasteiger partial charge < -0.3 is 15.0 Å². The molecule has 26 heavy (non-hydrogen) atoms. The van der Waals surface area contributed by atoms with E-state index in [2.05, 4.69) is 10.0 Å². The Kier molecular flexibility index (Phi) is 5.91. The van der Waals surface area contributed by atoms with E-state index in [-0.39, 0.29) is 29.0 Å². The van der Waals surface area contributed by atoms with Crippen molar-refractivity contribution in [1.82, 2.24) is 14.9 Å². The number of hydrogen-bond donors (Lipinski definition) is 2. The summed E-state index contributed by atoms with van der Waals surface area (Å²) in [4.78, 5) is 14.4. The quantitative estimate of drug-likeness (QED) is 0.787. The summed E-state index contributed by atoms with van der Waals surface area (Å²) >= 11 is 0. The van der Waals surface area contributed by atoms with Gasteiger partial charge in [-0.15, -0.1) is 0 Å². The maximum absolute atomic E-state index is 13.0. The van der Waals surface area contributed by atoms with Crippen LogP contribution >= 0.6 is 0 Å². The predicted octanol–water partition coefficient (Wildman–Crippen LogP) is 0.472. The third-order valence-corrected chi connectivity index (χ3v) is 6.37. The van der Waals surface area contributed by atoms with Gasteiger partial charge in [-0.05, 0) is 44.0 Å². The predicted molar refractivity (Wildman–Crippen MR) is 93.5 cm³/mol. The molecule has 144 valence electrons. The molecule has 2 aliphatic heterocycles. The van der Waals surface area contributed by atoms with Gasteiger partial charge in [0.2, 0.25) is 15.9 Å². The lowest BCUT2D eigenvalue weighted by atomic mass is 10.0. The van der Waals surface area contributed by atoms with Crippen LogP contribution in [0.4, 0.5) is 4.39 Å². The monoisotopic (exact) mass is 385 g/mol. The average Bonchev–Trinajstić information content (AvgIpc) is 2.62. The molecule has 1 aromatic carbocycles. The zero-order chi connectivity index (χ0) is 18.7. The van der Waals surface area contributed by atoms with Gasteiger partial charge in [0.1, 0.15) is 11.9 Å². The molecule has 7 nitrogen and oxygen atoms in total. The first-order valence-electron chi connectivity index (χ1n) is 8.78. The molecule has 0 bridgehead atoms. The summed E-state index contributed by atoms with van der Waals surface area (Å²) in [6.07, 6.45) is 0.897. The highest BCUT2D eigenvalue weighted by molar-refractivity contribution is 7.89. The standard InChI is InChI=1S/C17H24FN3O4S/c1-12-16(19-8-11-25-12)17(22)21-9-6-14(7-10-21)20-26(23,24)15-4-2-13(18)3-5-15/h2-5,12,14,16,19-20H,6-11H2,1H3/t12-,16+/m1/s1. The number of benzene rings is 1. The number of nitrogens with zero attached hydrogens (tertiary/aromatic N) is 1. The number of morpholine rings is 1. The summed E-state index contributed by atoms with van der Waals surface area (Å²) in [7, 11) is -3.70. The highest BCUT2D eigenvalue weighted by Crippen LogP contribution is 2.17. The molecular formula is C17H24FN3O4S. The molecule has 2 saturated heterocycles. The lowest BCUT2D eigenvalue weighted by molar-refractivity contribution is -0.140. The minimum Gasteiger partial charge on any atom is -0.375 e. The zero-order valence-electron chi connectivity index (χ0n) is 14.7. The number of hydrogen-bond acceptors (Lipinski definition) is 5. The SMILES string of the molecule is C[C@H]1OCCN[C@@H]1C(=O)N1CCC(NS(=O)(=O)c2ccc(F)cc2)CC1. The van der Waals surface area contributed by atoms with Crippen LogP contribution in [-0.2, 0) is 19.6 Å². The van der Waals surface area contributed by atoms with Crippen LogP contribution in [0.1, 0.15) is 19.8 Å². The van der Waals surface area contributed by atoms with Gasteiger partial charge in [-0.2, -0.15) is 0 Å². The van der Waals surface area contributed by atoms with Crippen molar-refractivity contribution in [3.8, 4) is 0 Å². The third kappa shape index (κ3) is 4.40. The molecule has 9 heteroatoms. The molecule has 0 saturated carbocycles. The van der Waals surface area contributed by atoms with E-state index in [1.165, 1.54) is 12.1 Å². The van der Waals surface area contributed by atoms with E-state index in [0.29, 0.717) is 39.1 Å². The van der Waals surface area contributed by atoms with E-state index in [4.69, 9.17) is 4.74 Å². The maximum atomic E-state index is 13.0. The topological polar surface area (TPSA) is 87.7 Å². The molecule has 1 amide bonds. The summed E-state index contributed by atoms with van der Waals surface area (Å²) in [6.45, 7) is 4.09. The lowest BCUT2D eigenvalue weighted by Gasteiger charge is -2.37. The van der Waals surface area contributed by atoms with Crippen molar-refractivity contribution in [3.63, 3.8) is 0 Å². The van der Waals surface area contributed by atoms with Crippen LogP contribution in [0.15, 0.2) is 29.2 Å². The second-order valence-electron chi connectivity index (χ2n) is 6.68. The normalized spacial score (nSPS) is 25.2. The fraction of sp³-hybridized carbons (Fsp3) is 0.588. The Morgan fingerprint density at radius 2 is 1.92 bits per heavy atom. The van der Waals surface area contributed by atoms with Crippen molar-refractivity contribution < 1.29 is 22.3 Å². The molecule has 3 rings (SSSR count). The van der Waals surface area contributed by atoms with Gasteiger partial charge in [-0.3, -0.25) is 4.79 Å². The number of halogens is 1. The summed E-state index contributed by atoms with van der Waals surface area (Å²) in [5.74, 6) is -0.484. The van der Waals surface area contributed by atoms with Crippen LogP contribution in [0.3, 0.4) is 0 Å². The first-order chi connectivity index (χ1) is 12.4. The number of carbonyl (C=O) groups excluding carboxylic acids is 1. The van der Waals surface area contributed by atoms with Gasteiger partial charge in [-0.25, -0.2) is 17.5 Å². The summed E-state index contributed by atoms with van der Waals surface area (Å²) in [5.41, 5.74) is 0. The van der Waals surface area contributed by atoms with Gasteiger partial charge in [0, 0.05) is 25.7 Å². The van der Waals surface area contributed by atoms with Crippen molar-refractivity contribution in [1.29, 1.82) is 0 Å². The number of ether oxygens (including phenoxy) is 1. The van der Waals surface area contributed by atoms with Crippen LogP contribution in [0.5, 0.6) is 0 Å². The molecule has 0 unspecified atom stereocenters. The number of sulfonamides is 1. The van der Waals surface area contributed by atoms with Crippen molar-refractivity contribution in [2.45, 2.75) is 42.8 Å². The number of likely N-dealkylation sites (tertiary alicyclic amines) is 1. The Hall–Kier alpha value is -1.55. The zero-order valence-corrected chi connectivity index (χ0v) is 15.5. The van der Waals surface area contributed by atoms with E-state index in [0.717, 1.165) is 12.1 Å². The molecule has 2 aliphatic rings. The summed E-state index contributed by atoms with van der Waals surface area (Å²) in [5, 5.41) is 3.18. The maximum Gasteiger partial charge on any atom is 0.242 e. The third-order valence-electron chi connectivity index (χ3n) is 4.83. The Morgan fingerprint density at radius 1 is 1.27 bits per heavy atom. The number of nitrogens with one attached hydrogen (secondary N) is 2. The van der Waals surface area contributed by atoms with E-state index in [1.807, 2.05) is 6.92 Å². The van der Waals surface area contributed by atoms with Gasteiger partial charge in [0.15, 0.2) is 0 Å². The van der Waals surface area contributed by atoms with Crippen LogP contribution in [0.2, 0.25) is 0 Å². The number of amides is 1. The first kappa shape index (κ1) is 19.2. The van der Waals surface area contributed by atoms with Gasteiger partial charge in [-0.1, -0.05) is 0 Å². The van der Waals surface area contributed by atoms with E-state index in [1.54, 1.807) is 4.90 Å². The van der Waals surface area contributed by atoms with Crippen LogP contribution in [-0.4, -0.2) is 63.7 Å². The Balaban J connectivity index is 1.55. The number of rotatable bonds is 4. The summed E-state index contributed by atoms with van der Waals surface area (Å²) < 4.78 is 45.9.